The van der Waals surface area contributed by atoms with E-state index in [4.69, 9.17) is 9.84 Å². The predicted molar refractivity (Wildman–Crippen MR) is 51.7 cm³/mol. The molecule has 4 nitrogen and oxygen atoms in total. The maximum absolute atomic E-state index is 11.4. The molecule has 1 aromatic rings. The zero-order valence-corrected chi connectivity index (χ0v) is 8.41. The van der Waals surface area contributed by atoms with Crippen molar-refractivity contribution in [1.82, 2.24) is 0 Å². The van der Waals surface area contributed by atoms with E-state index in [1.165, 1.54) is 19.2 Å². The number of carboxylic acid groups (broad SMARTS) is 1. The third-order valence-electron chi connectivity index (χ3n) is 1.57. The van der Waals surface area contributed by atoms with Crippen LogP contribution in [0.3, 0.4) is 0 Å². The van der Waals surface area contributed by atoms with E-state index in [1.807, 2.05) is 0 Å². The molecule has 0 radical (unpaired) electrons. The minimum atomic E-state index is -1.30. The average molecular weight is 214 g/mol. The smallest absolute Gasteiger partial charge is 0.335 e. The van der Waals surface area contributed by atoms with E-state index in [0.717, 1.165) is 0 Å². The third kappa shape index (κ3) is 2.65. The number of aromatic carboxylic acids is 1. The molecule has 0 fully saturated rings. The Bertz CT molecular complexity index is 362. The van der Waals surface area contributed by atoms with Gasteiger partial charge in [-0.3, -0.25) is 4.21 Å². The summed E-state index contributed by atoms with van der Waals surface area (Å²) in [6.07, 6.45) is 0. The first kappa shape index (κ1) is 10.9. The van der Waals surface area contributed by atoms with Gasteiger partial charge < -0.3 is 9.84 Å². The van der Waals surface area contributed by atoms with Crippen LogP contribution in [-0.4, -0.2) is 28.3 Å². The zero-order chi connectivity index (χ0) is 10.6. The van der Waals surface area contributed by atoms with Gasteiger partial charge in [-0.15, -0.1) is 0 Å². The Hall–Kier alpha value is -1.20. The summed E-state index contributed by atoms with van der Waals surface area (Å²) in [5, 5.41) is 8.69. The van der Waals surface area contributed by atoms with Crippen LogP contribution >= 0.6 is 0 Å². The highest BCUT2D eigenvalue weighted by Gasteiger charge is 2.07. The quantitative estimate of drug-likeness (QED) is 0.815. The van der Waals surface area contributed by atoms with Crippen LogP contribution in [0.5, 0.6) is 0 Å². The van der Waals surface area contributed by atoms with Crippen LogP contribution in [0, 0.1) is 0 Å². The summed E-state index contributed by atoms with van der Waals surface area (Å²) in [6, 6.07) is 6.02. The highest BCUT2D eigenvalue weighted by molar-refractivity contribution is 7.84. The van der Waals surface area contributed by atoms with Crippen LogP contribution in [0.1, 0.15) is 10.4 Å². The van der Waals surface area contributed by atoms with Crippen molar-refractivity contribution in [1.29, 1.82) is 0 Å². The third-order valence-corrected chi connectivity index (χ3v) is 2.80. The molecule has 0 amide bonds. The first-order valence-electron chi connectivity index (χ1n) is 3.86. The van der Waals surface area contributed by atoms with Crippen LogP contribution in [0.15, 0.2) is 29.2 Å². The largest absolute Gasteiger partial charge is 0.478 e. The number of hydrogen-bond donors (Lipinski definition) is 1. The highest BCUT2D eigenvalue weighted by atomic mass is 32.2. The van der Waals surface area contributed by atoms with Gasteiger partial charge in [0.1, 0.15) is 5.94 Å². The Labute approximate surface area is 84.0 Å². The number of hydrogen-bond acceptors (Lipinski definition) is 3. The fraction of sp³-hybridized carbons (Fsp3) is 0.222. The lowest BCUT2D eigenvalue weighted by Gasteiger charge is -2.01. The molecule has 5 heteroatoms. The highest BCUT2D eigenvalue weighted by Crippen LogP contribution is 2.10. The monoisotopic (exact) mass is 214 g/mol. The van der Waals surface area contributed by atoms with Crippen LogP contribution in [0.2, 0.25) is 0 Å². The van der Waals surface area contributed by atoms with E-state index in [0.29, 0.717) is 4.90 Å². The van der Waals surface area contributed by atoms with Crippen molar-refractivity contribution in [3.8, 4) is 0 Å². The SMILES string of the molecule is COCS(=O)c1cccc(C(=O)O)c1. The lowest BCUT2D eigenvalue weighted by atomic mass is 10.2. The molecule has 0 aromatic heterocycles. The molecule has 1 rings (SSSR count). The van der Waals surface area contributed by atoms with E-state index >= 15 is 0 Å². The van der Waals surface area contributed by atoms with E-state index < -0.39 is 16.8 Å². The van der Waals surface area contributed by atoms with Gasteiger partial charge in [-0.1, -0.05) is 6.07 Å². The second-order valence-electron chi connectivity index (χ2n) is 2.59. The Balaban J connectivity index is 2.93. The summed E-state index contributed by atoms with van der Waals surface area (Å²) in [5.74, 6) is -0.954. The van der Waals surface area contributed by atoms with Crippen molar-refractivity contribution in [2.45, 2.75) is 4.90 Å². The van der Waals surface area contributed by atoms with Crippen molar-refractivity contribution in [2.75, 3.05) is 13.0 Å². The molecule has 14 heavy (non-hydrogen) atoms. The Morgan fingerprint density at radius 2 is 2.29 bits per heavy atom. The molecule has 1 N–H and O–H groups in total. The molecule has 0 aliphatic heterocycles. The molecular formula is C9H10O4S. The van der Waals surface area contributed by atoms with Gasteiger partial charge in [0.05, 0.1) is 16.4 Å². The maximum Gasteiger partial charge on any atom is 0.335 e. The Kier molecular flexibility index (Phi) is 3.79. The molecule has 0 aliphatic carbocycles. The van der Waals surface area contributed by atoms with Gasteiger partial charge in [-0.25, -0.2) is 4.79 Å². The molecule has 0 spiro atoms. The summed E-state index contributed by atoms with van der Waals surface area (Å²) in [6.45, 7) is 0. The van der Waals surface area contributed by atoms with Crippen molar-refractivity contribution in [3.05, 3.63) is 29.8 Å². The van der Waals surface area contributed by atoms with Crippen LogP contribution < -0.4 is 0 Å². The summed E-state index contributed by atoms with van der Waals surface area (Å²) in [4.78, 5) is 11.1. The second-order valence-corrected chi connectivity index (χ2v) is 3.98. The summed E-state index contributed by atoms with van der Waals surface area (Å²) < 4.78 is 16.1. The summed E-state index contributed by atoms with van der Waals surface area (Å²) in [7, 11) is 0.148. The molecular weight excluding hydrogens is 204 g/mol. The van der Waals surface area contributed by atoms with Crippen LogP contribution in [0.25, 0.3) is 0 Å². The van der Waals surface area contributed by atoms with Gasteiger partial charge in [0.2, 0.25) is 0 Å². The lowest BCUT2D eigenvalue weighted by Crippen LogP contribution is -2.02. The number of rotatable bonds is 4. The standard InChI is InChI=1S/C9H10O4S/c1-13-6-14(12)8-4-2-3-7(5-8)9(10)11/h2-5H,6H2,1H3,(H,10,11). The van der Waals surface area contributed by atoms with Crippen LogP contribution in [-0.2, 0) is 15.5 Å². The molecule has 0 bridgehead atoms. The molecule has 1 unspecified atom stereocenters. The maximum atomic E-state index is 11.4. The number of carboxylic acids is 1. The first-order valence-corrected chi connectivity index (χ1v) is 5.17. The molecule has 1 aromatic carbocycles. The molecule has 0 saturated heterocycles. The van der Waals surface area contributed by atoms with Crippen molar-refractivity contribution >= 4 is 16.8 Å². The normalized spacial score (nSPS) is 12.4. The van der Waals surface area contributed by atoms with Gasteiger partial charge in [-0.2, -0.15) is 0 Å². The topological polar surface area (TPSA) is 63.6 Å². The number of carbonyl (C=O) groups is 1. The minimum absolute atomic E-state index is 0.0725. The average Bonchev–Trinajstić information content (AvgIpc) is 2.18. The van der Waals surface area contributed by atoms with Gasteiger partial charge in [0, 0.05) is 12.0 Å². The summed E-state index contributed by atoms with van der Waals surface area (Å²) >= 11 is 0. The van der Waals surface area contributed by atoms with Gasteiger partial charge >= 0.3 is 5.97 Å². The van der Waals surface area contributed by atoms with Crippen molar-refractivity contribution in [3.63, 3.8) is 0 Å². The second kappa shape index (κ2) is 4.88. The van der Waals surface area contributed by atoms with Gasteiger partial charge in [0.25, 0.3) is 0 Å². The molecule has 76 valence electrons. The van der Waals surface area contributed by atoms with Crippen molar-refractivity contribution in [2.24, 2.45) is 0 Å². The van der Waals surface area contributed by atoms with Crippen LogP contribution in [0.4, 0.5) is 0 Å². The number of benzene rings is 1. The first-order chi connectivity index (χ1) is 6.65. The van der Waals surface area contributed by atoms with E-state index in [-0.39, 0.29) is 11.5 Å². The zero-order valence-electron chi connectivity index (χ0n) is 7.60. The van der Waals surface area contributed by atoms with Crippen molar-refractivity contribution < 1.29 is 18.8 Å². The number of methoxy groups -OCH3 is 1. The predicted octanol–water partition coefficient (Wildman–Crippen LogP) is 1.10. The fourth-order valence-corrected chi connectivity index (χ4v) is 1.78. The molecule has 0 aliphatic rings. The lowest BCUT2D eigenvalue weighted by molar-refractivity contribution is 0.0696. The minimum Gasteiger partial charge on any atom is -0.478 e. The van der Waals surface area contributed by atoms with E-state index in [1.54, 1.807) is 12.1 Å². The molecule has 1 atom stereocenters. The van der Waals surface area contributed by atoms with E-state index in [2.05, 4.69) is 0 Å². The fourth-order valence-electron chi connectivity index (χ4n) is 0.946. The Morgan fingerprint density at radius 3 is 2.86 bits per heavy atom. The van der Waals surface area contributed by atoms with E-state index in [9.17, 15) is 9.00 Å². The number of ether oxygens (including phenoxy) is 1. The Morgan fingerprint density at radius 1 is 1.57 bits per heavy atom. The molecule has 0 heterocycles. The summed E-state index contributed by atoms with van der Waals surface area (Å²) in [5.41, 5.74) is 0.131. The molecule has 0 saturated carbocycles. The van der Waals surface area contributed by atoms with Gasteiger partial charge in [0.15, 0.2) is 0 Å². The van der Waals surface area contributed by atoms with Gasteiger partial charge in [-0.05, 0) is 18.2 Å².